The number of fused-ring (bicyclic) bond motifs is 3. The summed E-state index contributed by atoms with van der Waals surface area (Å²) in [4.78, 5) is 27.9. The van der Waals surface area contributed by atoms with E-state index in [1.165, 1.54) is 20.3 Å². The lowest BCUT2D eigenvalue weighted by Crippen LogP contribution is -2.30. The summed E-state index contributed by atoms with van der Waals surface area (Å²) in [6.45, 7) is 0.884. The highest BCUT2D eigenvalue weighted by Crippen LogP contribution is 2.38. The molecule has 0 fully saturated rings. The van der Waals surface area contributed by atoms with Crippen molar-refractivity contribution in [1.82, 2.24) is 4.98 Å². The third-order valence-corrected chi connectivity index (χ3v) is 5.18. The summed E-state index contributed by atoms with van der Waals surface area (Å²) in [6, 6.07) is 7.48. The Morgan fingerprint density at radius 1 is 1.28 bits per heavy atom. The molecule has 0 aliphatic carbocycles. The molecule has 0 radical (unpaired) electrons. The van der Waals surface area contributed by atoms with E-state index in [0.717, 1.165) is 28.2 Å². The van der Waals surface area contributed by atoms with Crippen molar-refractivity contribution in [3.63, 3.8) is 0 Å². The molecule has 29 heavy (non-hydrogen) atoms. The van der Waals surface area contributed by atoms with E-state index in [4.69, 9.17) is 9.47 Å². The first-order chi connectivity index (χ1) is 13.9. The average Bonchev–Trinajstić information content (AvgIpc) is 3.09. The molecule has 2 aromatic carbocycles. The fourth-order valence-electron chi connectivity index (χ4n) is 3.75. The van der Waals surface area contributed by atoms with Crippen LogP contribution in [0.2, 0.25) is 0 Å². The minimum absolute atomic E-state index is 0.0525. The predicted molar refractivity (Wildman–Crippen MR) is 104 cm³/mol. The van der Waals surface area contributed by atoms with Gasteiger partial charge in [0.05, 0.1) is 30.8 Å². The number of rotatable bonds is 4. The zero-order chi connectivity index (χ0) is 20.7. The molecule has 3 aromatic rings. The van der Waals surface area contributed by atoms with Crippen molar-refractivity contribution in [1.29, 1.82) is 0 Å². The molecule has 0 bridgehead atoms. The first-order valence-electron chi connectivity index (χ1n) is 8.91. The molecule has 1 aliphatic rings. The number of hydrogen-bond donors (Lipinski definition) is 1. The van der Waals surface area contributed by atoms with Gasteiger partial charge in [-0.05, 0) is 18.2 Å². The Hall–Kier alpha value is -3.62. The number of ether oxygens (including phenoxy) is 2. The number of H-pyrrole nitrogens is 1. The average molecular weight is 399 g/mol. The molecule has 0 amide bonds. The molecule has 0 saturated heterocycles. The van der Waals surface area contributed by atoms with E-state index in [1.807, 2.05) is 11.0 Å². The van der Waals surface area contributed by atoms with E-state index in [2.05, 4.69) is 4.98 Å². The van der Waals surface area contributed by atoms with E-state index < -0.39 is 16.7 Å². The number of nitro groups is 1. The van der Waals surface area contributed by atoms with Crippen LogP contribution in [0.5, 0.6) is 5.75 Å². The zero-order valence-electron chi connectivity index (χ0n) is 15.8. The SMILES string of the molecule is COC(=O)c1ccc2[nH]c3c(c2c1)CN(c1cc(OC)c(F)cc1[N+](=O)[O-])CC3. The molecule has 8 nitrogen and oxygen atoms in total. The Bertz CT molecular complexity index is 1140. The maximum Gasteiger partial charge on any atom is 0.337 e. The van der Waals surface area contributed by atoms with Crippen molar-refractivity contribution in [2.45, 2.75) is 13.0 Å². The summed E-state index contributed by atoms with van der Waals surface area (Å²) in [5, 5.41) is 12.3. The molecule has 150 valence electrons. The maximum absolute atomic E-state index is 14.0. The Balaban J connectivity index is 1.79. The summed E-state index contributed by atoms with van der Waals surface area (Å²) >= 11 is 0. The van der Waals surface area contributed by atoms with Gasteiger partial charge in [0.1, 0.15) is 5.69 Å². The van der Waals surface area contributed by atoms with E-state index in [-0.39, 0.29) is 17.1 Å². The number of carbonyl (C=O) groups excluding carboxylic acids is 1. The fourth-order valence-corrected chi connectivity index (χ4v) is 3.75. The number of methoxy groups -OCH3 is 2. The van der Waals surface area contributed by atoms with E-state index in [9.17, 15) is 19.3 Å². The minimum Gasteiger partial charge on any atom is -0.494 e. The number of aromatic amines is 1. The fraction of sp³-hybridized carbons (Fsp3) is 0.250. The Morgan fingerprint density at radius 2 is 2.07 bits per heavy atom. The number of anilines is 1. The van der Waals surface area contributed by atoms with Crippen LogP contribution >= 0.6 is 0 Å². The summed E-state index contributed by atoms with van der Waals surface area (Å²) in [5.74, 6) is -1.27. The van der Waals surface area contributed by atoms with Crippen molar-refractivity contribution in [2.24, 2.45) is 0 Å². The molecule has 9 heteroatoms. The molecule has 1 aromatic heterocycles. The van der Waals surface area contributed by atoms with Gasteiger partial charge in [-0.3, -0.25) is 10.1 Å². The number of benzene rings is 2. The van der Waals surface area contributed by atoms with Gasteiger partial charge in [-0.2, -0.15) is 0 Å². The molecule has 1 aliphatic heterocycles. The maximum atomic E-state index is 14.0. The van der Waals surface area contributed by atoms with Crippen LogP contribution in [0.4, 0.5) is 15.8 Å². The summed E-state index contributed by atoms with van der Waals surface area (Å²) in [7, 11) is 2.64. The highest BCUT2D eigenvalue weighted by molar-refractivity contribution is 5.96. The summed E-state index contributed by atoms with van der Waals surface area (Å²) in [6.07, 6.45) is 0.619. The van der Waals surface area contributed by atoms with E-state index >= 15 is 0 Å². The Morgan fingerprint density at radius 3 is 2.76 bits per heavy atom. The van der Waals surface area contributed by atoms with E-state index in [1.54, 1.807) is 12.1 Å². The lowest BCUT2D eigenvalue weighted by molar-refractivity contribution is -0.384. The van der Waals surface area contributed by atoms with Crippen LogP contribution in [0, 0.1) is 15.9 Å². The third kappa shape index (κ3) is 3.14. The van der Waals surface area contributed by atoms with Gasteiger partial charge in [0.15, 0.2) is 11.6 Å². The molecule has 0 unspecified atom stereocenters. The largest absolute Gasteiger partial charge is 0.494 e. The monoisotopic (exact) mass is 399 g/mol. The lowest BCUT2D eigenvalue weighted by Gasteiger charge is -2.29. The Kier molecular flexibility index (Phi) is 4.57. The van der Waals surface area contributed by atoms with Crippen LogP contribution in [0.25, 0.3) is 10.9 Å². The number of halogens is 1. The molecular weight excluding hydrogens is 381 g/mol. The van der Waals surface area contributed by atoms with Crippen molar-refractivity contribution < 1.29 is 23.6 Å². The normalized spacial score (nSPS) is 13.3. The number of esters is 1. The molecule has 0 atom stereocenters. The number of carbonyl (C=O) groups is 1. The van der Waals surface area contributed by atoms with Crippen molar-refractivity contribution >= 4 is 28.2 Å². The van der Waals surface area contributed by atoms with Crippen LogP contribution in [0.1, 0.15) is 21.6 Å². The second-order valence-corrected chi connectivity index (χ2v) is 6.74. The van der Waals surface area contributed by atoms with Crippen LogP contribution in [-0.4, -0.2) is 36.6 Å². The third-order valence-electron chi connectivity index (χ3n) is 5.18. The molecule has 4 rings (SSSR count). The quantitative estimate of drug-likeness (QED) is 0.409. The number of nitrogens with zero attached hydrogens (tertiary/aromatic N) is 2. The molecular formula is C20H18FN3O5. The summed E-state index contributed by atoms with van der Waals surface area (Å²) in [5.41, 5.74) is 3.22. The van der Waals surface area contributed by atoms with E-state index in [0.29, 0.717) is 25.1 Å². The van der Waals surface area contributed by atoms with Crippen LogP contribution in [0.15, 0.2) is 30.3 Å². The number of nitro benzene ring substituents is 1. The van der Waals surface area contributed by atoms with Gasteiger partial charge in [-0.15, -0.1) is 0 Å². The number of aromatic nitrogens is 1. The number of hydrogen-bond acceptors (Lipinski definition) is 6. The second-order valence-electron chi connectivity index (χ2n) is 6.74. The van der Waals surface area contributed by atoms with Gasteiger partial charge < -0.3 is 19.4 Å². The minimum atomic E-state index is -0.782. The lowest BCUT2D eigenvalue weighted by atomic mass is 10.0. The van der Waals surface area contributed by atoms with Gasteiger partial charge in [0, 0.05) is 47.7 Å². The second kappa shape index (κ2) is 7.08. The van der Waals surface area contributed by atoms with Gasteiger partial charge in [0.25, 0.3) is 5.69 Å². The first kappa shape index (κ1) is 18.7. The van der Waals surface area contributed by atoms with Gasteiger partial charge >= 0.3 is 5.97 Å². The predicted octanol–water partition coefficient (Wildman–Crippen LogP) is 3.57. The number of nitrogens with one attached hydrogen (secondary N) is 1. The molecule has 2 heterocycles. The highest BCUT2D eigenvalue weighted by Gasteiger charge is 2.28. The molecule has 0 spiro atoms. The van der Waals surface area contributed by atoms with Crippen molar-refractivity contribution in [3.05, 3.63) is 63.1 Å². The first-order valence-corrected chi connectivity index (χ1v) is 8.91. The van der Waals surface area contributed by atoms with Gasteiger partial charge in [-0.1, -0.05) is 0 Å². The summed E-state index contributed by atoms with van der Waals surface area (Å²) < 4.78 is 23.8. The molecule has 1 N–H and O–H groups in total. The van der Waals surface area contributed by atoms with Crippen LogP contribution in [-0.2, 0) is 17.7 Å². The van der Waals surface area contributed by atoms with Crippen LogP contribution < -0.4 is 9.64 Å². The topological polar surface area (TPSA) is 97.7 Å². The van der Waals surface area contributed by atoms with Crippen molar-refractivity contribution in [3.8, 4) is 5.75 Å². The zero-order valence-corrected chi connectivity index (χ0v) is 15.8. The Labute approximate surface area is 165 Å². The van der Waals surface area contributed by atoms with Crippen LogP contribution in [0.3, 0.4) is 0 Å². The smallest absolute Gasteiger partial charge is 0.337 e. The van der Waals surface area contributed by atoms with Gasteiger partial charge in [-0.25, -0.2) is 9.18 Å². The van der Waals surface area contributed by atoms with Crippen molar-refractivity contribution in [2.75, 3.05) is 25.7 Å². The molecule has 0 saturated carbocycles. The highest BCUT2D eigenvalue weighted by atomic mass is 19.1. The standard InChI is InChI=1S/C20H18FN3O5/c1-28-19-9-17(18(24(26)27)8-14(19)21)23-6-5-16-13(10-23)12-7-11(20(25)29-2)3-4-15(12)22-16/h3-4,7-9,22H,5-6,10H2,1-2H3. The van der Waals surface area contributed by atoms with Gasteiger partial charge in [0.2, 0.25) is 0 Å².